The number of hydrogen-bond donors (Lipinski definition) is 0. The molecule has 1 saturated carbocycles. The van der Waals surface area contributed by atoms with E-state index in [0.717, 1.165) is 29.5 Å². The maximum atomic E-state index is 14.7. The second-order valence-corrected chi connectivity index (χ2v) is 11.6. The molecule has 2 atom stereocenters. The zero-order valence-corrected chi connectivity index (χ0v) is 24.3. The Kier molecular flexibility index (Phi) is 7.23. The number of carbonyl (C=O) groups excluding carboxylic acids is 3. The number of carbonyl (C=O) groups is 3. The fourth-order valence-electron chi connectivity index (χ4n) is 5.54. The van der Waals surface area contributed by atoms with Crippen LogP contribution in [0.3, 0.4) is 0 Å². The van der Waals surface area contributed by atoms with Crippen LogP contribution in [0.25, 0.3) is 22.0 Å². The lowest BCUT2D eigenvalue weighted by Crippen LogP contribution is -2.43. The van der Waals surface area contributed by atoms with Gasteiger partial charge in [0, 0.05) is 36.7 Å². The monoisotopic (exact) mass is 618 g/mol. The molecule has 210 valence electrons. The molecule has 0 unspecified atom stereocenters. The molecule has 41 heavy (non-hydrogen) atoms. The summed E-state index contributed by atoms with van der Waals surface area (Å²) in [5, 5.41) is 5.04. The van der Waals surface area contributed by atoms with Gasteiger partial charge in [0.25, 0.3) is 0 Å². The number of amides is 1. The van der Waals surface area contributed by atoms with Crippen molar-refractivity contribution in [2.75, 3.05) is 6.54 Å². The minimum atomic E-state index is -1.30. The first kappa shape index (κ1) is 27.3. The van der Waals surface area contributed by atoms with Crippen LogP contribution in [0.15, 0.2) is 47.3 Å². The summed E-state index contributed by atoms with van der Waals surface area (Å²) >= 11 is 3.39. The molecule has 1 amide bonds. The van der Waals surface area contributed by atoms with Crippen LogP contribution in [0.1, 0.15) is 59.7 Å². The van der Waals surface area contributed by atoms with Gasteiger partial charge in [-0.1, -0.05) is 12.1 Å². The predicted octanol–water partition coefficient (Wildman–Crippen LogP) is 4.79. The molecule has 2 aliphatic rings. The summed E-state index contributed by atoms with van der Waals surface area (Å²) < 4.78 is 16.7. The molecule has 0 bridgehead atoms. The van der Waals surface area contributed by atoms with Crippen molar-refractivity contribution in [3.8, 4) is 11.1 Å². The summed E-state index contributed by atoms with van der Waals surface area (Å²) in [6, 6.07) is 8.44. The van der Waals surface area contributed by atoms with Gasteiger partial charge in [0.05, 0.1) is 30.2 Å². The Morgan fingerprint density at radius 3 is 2.54 bits per heavy atom. The first-order valence-electron chi connectivity index (χ1n) is 13.6. The quantitative estimate of drug-likeness (QED) is 0.206. The van der Waals surface area contributed by atoms with Crippen LogP contribution >= 0.6 is 15.9 Å². The molecule has 4 heterocycles. The van der Waals surface area contributed by atoms with Crippen molar-refractivity contribution in [2.45, 2.75) is 64.2 Å². The van der Waals surface area contributed by atoms with E-state index < -0.39 is 18.1 Å². The van der Waals surface area contributed by atoms with Crippen molar-refractivity contribution >= 4 is 44.3 Å². The third-order valence-electron chi connectivity index (χ3n) is 7.76. The van der Waals surface area contributed by atoms with Crippen LogP contribution in [-0.2, 0) is 22.6 Å². The largest absolute Gasteiger partial charge is 0.328 e. The van der Waals surface area contributed by atoms with Gasteiger partial charge in [-0.2, -0.15) is 5.10 Å². The van der Waals surface area contributed by atoms with Crippen LogP contribution in [0.5, 0.6) is 0 Å². The Morgan fingerprint density at radius 1 is 1.07 bits per heavy atom. The van der Waals surface area contributed by atoms with Crippen molar-refractivity contribution in [2.24, 2.45) is 0 Å². The minimum Gasteiger partial charge on any atom is -0.328 e. The standard InChI is InChI=1S/C30H28BrFN6O3/c1-16(39)30-23-9-19(20-12-33-17(2)34-13-20)5-7-25(23)38(36-30)15-29(41)37-14-21(32)10-26(37)27(40)11-24-22(18-3-4-18)6-8-28(31)35-24/h5-9,12-13,18,21,26H,3-4,10-11,14-15H2,1-2H3/t21-,26+/m1/s1. The van der Waals surface area contributed by atoms with Crippen LogP contribution in [0.4, 0.5) is 4.39 Å². The molecular formula is C30H28BrFN6O3. The Balaban J connectivity index is 1.25. The number of nitrogens with zero attached hydrogens (tertiary/aromatic N) is 6. The van der Waals surface area contributed by atoms with Gasteiger partial charge >= 0.3 is 0 Å². The van der Waals surface area contributed by atoms with E-state index in [1.54, 1.807) is 25.4 Å². The van der Waals surface area contributed by atoms with Gasteiger partial charge < -0.3 is 4.90 Å². The zero-order chi connectivity index (χ0) is 28.8. The Bertz CT molecular complexity index is 1680. The normalized spacial score (nSPS) is 18.7. The second kappa shape index (κ2) is 10.8. The fourth-order valence-corrected chi connectivity index (χ4v) is 5.89. The number of rotatable bonds is 8. The van der Waals surface area contributed by atoms with E-state index in [-0.39, 0.29) is 43.2 Å². The summed E-state index contributed by atoms with van der Waals surface area (Å²) in [7, 11) is 0. The number of halogens is 2. The zero-order valence-electron chi connectivity index (χ0n) is 22.7. The highest BCUT2D eigenvalue weighted by molar-refractivity contribution is 9.10. The van der Waals surface area contributed by atoms with Crippen LogP contribution in [-0.4, -0.2) is 65.9 Å². The van der Waals surface area contributed by atoms with Gasteiger partial charge in [0.1, 0.15) is 28.8 Å². The summed E-state index contributed by atoms with van der Waals surface area (Å²) in [5.74, 6) is 0.145. The van der Waals surface area contributed by atoms with Gasteiger partial charge in [-0.15, -0.1) is 0 Å². The van der Waals surface area contributed by atoms with Crippen molar-refractivity contribution in [3.05, 3.63) is 70.1 Å². The predicted molar refractivity (Wildman–Crippen MR) is 153 cm³/mol. The number of Topliss-reactive ketones (excluding diaryl/α,β-unsaturated/α-hetero) is 2. The summed E-state index contributed by atoms with van der Waals surface area (Å²) in [6.45, 7) is 2.83. The molecule has 1 aliphatic carbocycles. The Morgan fingerprint density at radius 2 is 1.83 bits per heavy atom. The smallest absolute Gasteiger partial charge is 0.245 e. The highest BCUT2D eigenvalue weighted by atomic mass is 79.9. The molecule has 1 aromatic carbocycles. The van der Waals surface area contributed by atoms with Gasteiger partial charge in [-0.25, -0.2) is 19.3 Å². The maximum absolute atomic E-state index is 14.7. The van der Waals surface area contributed by atoms with Crippen molar-refractivity contribution < 1.29 is 18.8 Å². The number of alkyl halides is 1. The van der Waals surface area contributed by atoms with E-state index in [0.29, 0.717) is 32.9 Å². The van der Waals surface area contributed by atoms with E-state index in [9.17, 15) is 18.8 Å². The van der Waals surface area contributed by atoms with Crippen molar-refractivity contribution in [1.29, 1.82) is 0 Å². The highest BCUT2D eigenvalue weighted by Gasteiger charge is 2.40. The molecule has 6 rings (SSSR count). The van der Waals surface area contributed by atoms with E-state index >= 15 is 0 Å². The van der Waals surface area contributed by atoms with Crippen molar-refractivity contribution in [3.63, 3.8) is 0 Å². The third kappa shape index (κ3) is 5.55. The summed E-state index contributed by atoms with van der Waals surface area (Å²) in [5.41, 5.74) is 4.14. The van der Waals surface area contributed by atoms with E-state index in [2.05, 4.69) is 36.0 Å². The molecule has 1 aliphatic heterocycles. The van der Waals surface area contributed by atoms with Crippen LogP contribution in [0, 0.1) is 6.92 Å². The Hall–Kier alpha value is -3.86. The first-order valence-corrected chi connectivity index (χ1v) is 14.4. The van der Waals surface area contributed by atoms with Crippen molar-refractivity contribution in [1.82, 2.24) is 29.6 Å². The maximum Gasteiger partial charge on any atom is 0.245 e. The van der Waals surface area contributed by atoms with Gasteiger partial charge in [0.15, 0.2) is 11.6 Å². The molecule has 3 aromatic heterocycles. The molecule has 11 heteroatoms. The number of fused-ring (bicyclic) bond motifs is 1. The lowest BCUT2D eigenvalue weighted by Gasteiger charge is -2.24. The molecule has 4 aromatic rings. The number of hydrogen-bond acceptors (Lipinski definition) is 7. The van der Waals surface area contributed by atoms with E-state index in [1.807, 2.05) is 24.3 Å². The SMILES string of the molecule is CC(=O)c1nn(CC(=O)N2C[C@H](F)C[C@H]2C(=O)Cc2nc(Br)ccc2C2CC2)c2ccc(-c3cnc(C)nc3)cc12. The summed E-state index contributed by atoms with van der Waals surface area (Å²) in [6.07, 6.45) is 4.24. The fraction of sp³-hybridized carbons (Fsp3) is 0.367. The highest BCUT2D eigenvalue weighted by Crippen LogP contribution is 2.42. The minimum absolute atomic E-state index is 0.0388. The number of benzene rings is 1. The summed E-state index contributed by atoms with van der Waals surface area (Å²) in [4.78, 5) is 53.8. The third-order valence-corrected chi connectivity index (χ3v) is 8.20. The van der Waals surface area contributed by atoms with Gasteiger partial charge in [-0.3, -0.25) is 19.1 Å². The number of aryl methyl sites for hydroxylation is 1. The number of pyridine rings is 1. The Labute approximate surface area is 244 Å². The van der Waals surface area contributed by atoms with Crippen LogP contribution < -0.4 is 0 Å². The molecule has 1 saturated heterocycles. The van der Waals surface area contributed by atoms with Crippen LogP contribution in [0.2, 0.25) is 0 Å². The number of likely N-dealkylation sites (tertiary alicyclic amines) is 1. The number of aromatic nitrogens is 5. The molecule has 0 radical (unpaired) electrons. The number of ketones is 2. The van der Waals surface area contributed by atoms with E-state index in [4.69, 9.17) is 0 Å². The van der Waals surface area contributed by atoms with E-state index in [1.165, 1.54) is 16.5 Å². The average molecular weight is 619 g/mol. The molecule has 0 spiro atoms. The molecule has 2 fully saturated rings. The van der Waals surface area contributed by atoms with Gasteiger partial charge in [0.2, 0.25) is 5.91 Å². The second-order valence-electron chi connectivity index (χ2n) is 10.8. The average Bonchev–Trinajstić information content (AvgIpc) is 3.61. The van der Waals surface area contributed by atoms with Gasteiger partial charge in [-0.05, 0) is 70.9 Å². The first-order chi connectivity index (χ1) is 19.7. The lowest BCUT2D eigenvalue weighted by molar-refractivity contribution is -0.138. The lowest BCUT2D eigenvalue weighted by atomic mass is 10.00. The molecular weight excluding hydrogens is 591 g/mol. The molecule has 9 nitrogen and oxygen atoms in total. The molecule has 0 N–H and O–H groups in total. The topological polar surface area (TPSA) is 111 Å².